The highest BCUT2D eigenvalue weighted by atomic mass is 32.2. The number of nitrogens with one attached hydrogen (secondary N) is 1. The van der Waals surface area contributed by atoms with E-state index in [0.717, 1.165) is 24.2 Å². The Morgan fingerprint density at radius 2 is 2.25 bits per heavy atom. The average molecular weight is 291 g/mol. The van der Waals surface area contributed by atoms with Crippen molar-refractivity contribution in [1.82, 2.24) is 5.32 Å². The first-order chi connectivity index (χ1) is 9.77. The van der Waals surface area contributed by atoms with Crippen LogP contribution in [0.15, 0.2) is 24.3 Å². The van der Waals surface area contributed by atoms with Gasteiger partial charge in [0.25, 0.3) is 5.91 Å². The van der Waals surface area contributed by atoms with Gasteiger partial charge in [0.15, 0.2) is 0 Å². The average Bonchev–Trinajstić information content (AvgIpc) is 2.47. The van der Waals surface area contributed by atoms with Crippen molar-refractivity contribution in [2.45, 2.75) is 19.3 Å². The van der Waals surface area contributed by atoms with E-state index in [1.54, 1.807) is 12.1 Å². The van der Waals surface area contributed by atoms with E-state index < -0.39 is 0 Å². The highest BCUT2D eigenvalue weighted by Gasteiger charge is 2.04. The topological polar surface area (TPSA) is 49.3 Å². The Labute approximate surface area is 125 Å². The molecule has 108 valence electrons. The Balaban J connectivity index is 2.48. The van der Waals surface area contributed by atoms with Crippen molar-refractivity contribution in [2.75, 3.05) is 25.2 Å². The Morgan fingerprint density at radius 3 is 3.00 bits per heavy atom. The van der Waals surface area contributed by atoms with Gasteiger partial charge in [0.2, 0.25) is 0 Å². The zero-order chi connectivity index (χ0) is 14.6. The summed E-state index contributed by atoms with van der Waals surface area (Å²) in [4.78, 5) is 12.0. The molecule has 3 nitrogen and oxygen atoms in total. The smallest absolute Gasteiger partial charge is 0.251 e. The number of thioether (sulfide) groups is 1. The number of carbonyl (C=O) groups is 1. The van der Waals surface area contributed by atoms with Crippen LogP contribution in [-0.2, 0) is 0 Å². The number of carbonyl (C=O) groups excluding carboxylic acids is 1. The first kappa shape index (κ1) is 16.6. The number of hydrogen-bond donors (Lipinski definition) is 2. The molecule has 0 aromatic heterocycles. The molecule has 0 saturated carbocycles. The Morgan fingerprint density at radius 1 is 1.40 bits per heavy atom. The maximum absolute atomic E-state index is 12.0. The number of rotatable bonds is 7. The van der Waals surface area contributed by atoms with E-state index in [1.807, 2.05) is 23.9 Å². The third kappa shape index (κ3) is 6.65. The quantitative estimate of drug-likeness (QED) is 0.598. The van der Waals surface area contributed by atoms with Crippen molar-refractivity contribution >= 4 is 17.7 Å². The van der Waals surface area contributed by atoms with E-state index in [2.05, 4.69) is 23.4 Å². The first-order valence-corrected chi connectivity index (χ1v) is 8.14. The number of amides is 1. The van der Waals surface area contributed by atoms with Gasteiger partial charge in [-0.2, -0.15) is 11.8 Å². The first-order valence-electron chi connectivity index (χ1n) is 6.75. The lowest BCUT2D eigenvalue weighted by Crippen LogP contribution is -2.24. The van der Waals surface area contributed by atoms with Crippen LogP contribution in [0.2, 0.25) is 0 Å². The van der Waals surface area contributed by atoms with Crippen LogP contribution in [0.4, 0.5) is 0 Å². The van der Waals surface area contributed by atoms with Crippen LogP contribution in [0.5, 0.6) is 0 Å². The van der Waals surface area contributed by atoms with Crippen LogP contribution in [0, 0.1) is 11.8 Å². The van der Waals surface area contributed by atoms with E-state index in [1.165, 1.54) is 0 Å². The second-order valence-electron chi connectivity index (χ2n) is 4.31. The molecule has 0 spiro atoms. The number of aliphatic hydroxyl groups is 1. The lowest BCUT2D eigenvalue weighted by atomic mass is 10.1. The molecule has 4 heteroatoms. The van der Waals surface area contributed by atoms with E-state index in [4.69, 9.17) is 5.11 Å². The fourth-order valence-corrected chi connectivity index (χ4v) is 2.13. The third-order valence-corrected chi connectivity index (χ3v) is 3.35. The van der Waals surface area contributed by atoms with Gasteiger partial charge < -0.3 is 10.4 Å². The van der Waals surface area contributed by atoms with E-state index in [9.17, 15) is 4.79 Å². The van der Waals surface area contributed by atoms with Gasteiger partial charge in [0.1, 0.15) is 0 Å². The molecule has 0 unspecified atom stereocenters. The van der Waals surface area contributed by atoms with Gasteiger partial charge in [-0.1, -0.05) is 17.9 Å². The summed E-state index contributed by atoms with van der Waals surface area (Å²) in [5.41, 5.74) is 1.43. The summed E-state index contributed by atoms with van der Waals surface area (Å²) in [6.07, 6.45) is 4.66. The third-order valence-electron chi connectivity index (χ3n) is 2.66. The minimum Gasteiger partial charge on any atom is -0.395 e. The molecule has 1 aromatic carbocycles. The molecule has 0 heterocycles. The van der Waals surface area contributed by atoms with Gasteiger partial charge in [-0.3, -0.25) is 4.79 Å². The van der Waals surface area contributed by atoms with Crippen LogP contribution in [-0.4, -0.2) is 36.2 Å². The Bertz CT molecular complexity index is 477. The van der Waals surface area contributed by atoms with Crippen molar-refractivity contribution in [3.8, 4) is 11.8 Å². The minimum atomic E-state index is -0.0556. The number of unbranched alkanes of at least 4 members (excludes halogenated alkanes) is 1. The van der Waals surface area contributed by atoms with Crippen LogP contribution < -0.4 is 5.32 Å². The predicted octanol–water partition coefficient (Wildman–Crippen LogP) is 2.29. The second kappa shape index (κ2) is 10.4. The molecule has 0 radical (unpaired) electrons. The second-order valence-corrected chi connectivity index (χ2v) is 5.30. The number of aliphatic hydroxyl groups excluding tert-OH is 1. The number of hydrogen-bond acceptors (Lipinski definition) is 3. The summed E-state index contributed by atoms with van der Waals surface area (Å²) in [6, 6.07) is 7.25. The zero-order valence-electron chi connectivity index (χ0n) is 11.8. The van der Waals surface area contributed by atoms with Gasteiger partial charge in [-0.15, -0.1) is 0 Å². The van der Waals surface area contributed by atoms with Gasteiger partial charge in [0.05, 0.1) is 6.61 Å². The molecule has 0 aliphatic heterocycles. The summed E-state index contributed by atoms with van der Waals surface area (Å²) < 4.78 is 0. The molecular weight excluding hydrogens is 270 g/mol. The highest BCUT2D eigenvalue weighted by Crippen LogP contribution is 2.04. The molecule has 1 amide bonds. The molecule has 0 bridgehead atoms. The van der Waals surface area contributed by atoms with Gasteiger partial charge >= 0.3 is 0 Å². The molecule has 0 aliphatic rings. The van der Waals surface area contributed by atoms with Crippen molar-refractivity contribution in [3.05, 3.63) is 35.4 Å². The summed E-state index contributed by atoms with van der Waals surface area (Å²) in [6.45, 7) is 0.767. The maximum Gasteiger partial charge on any atom is 0.251 e. The molecule has 1 rings (SSSR count). The summed E-state index contributed by atoms with van der Waals surface area (Å²) in [7, 11) is 0. The molecule has 0 fully saturated rings. The molecule has 20 heavy (non-hydrogen) atoms. The number of benzene rings is 1. The Kier molecular flexibility index (Phi) is 8.61. The van der Waals surface area contributed by atoms with Gasteiger partial charge in [-0.25, -0.2) is 0 Å². The lowest BCUT2D eigenvalue weighted by Gasteiger charge is -2.05. The van der Waals surface area contributed by atoms with Crippen molar-refractivity contribution < 1.29 is 9.90 Å². The van der Waals surface area contributed by atoms with Crippen LogP contribution >= 0.6 is 11.8 Å². The zero-order valence-corrected chi connectivity index (χ0v) is 12.6. The van der Waals surface area contributed by atoms with Crippen LogP contribution in [0.25, 0.3) is 0 Å². The van der Waals surface area contributed by atoms with Crippen molar-refractivity contribution in [2.24, 2.45) is 0 Å². The lowest BCUT2D eigenvalue weighted by molar-refractivity contribution is 0.0953. The van der Waals surface area contributed by atoms with E-state index in [0.29, 0.717) is 18.5 Å². The van der Waals surface area contributed by atoms with Gasteiger partial charge in [0, 0.05) is 24.1 Å². The van der Waals surface area contributed by atoms with Crippen molar-refractivity contribution in [1.29, 1.82) is 0 Å². The standard InChI is InChI=1S/C16H21NO2S/c1-20-12-5-3-10-17-16(19)15-9-6-8-14(13-15)7-2-4-11-18/h6,8-9,13,18H,3-5,10-12H2,1H3,(H,17,19). The fraction of sp³-hybridized carbons (Fsp3) is 0.438. The summed E-state index contributed by atoms with van der Waals surface area (Å²) in [5, 5.41) is 11.6. The molecule has 0 aliphatic carbocycles. The molecule has 2 N–H and O–H groups in total. The minimum absolute atomic E-state index is 0.0556. The molecular formula is C16H21NO2S. The largest absolute Gasteiger partial charge is 0.395 e. The molecule has 0 atom stereocenters. The van der Waals surface area contributed by atoms with Crippen LogP contribution in [0.3, 0.4) is 0 Å². The maximum atomic E-state index is 12.0. The fourth-order valence-electron chi connectivity index (χ4n) is 1.63. The molecule has 1 aromatic rings. The SMILES string of the molecule is CSCCCCNC(=O)c1cccc(C#CCCO)c1. The van der Waals surface area contributed by atoms with Crippen molar-refractivity contribution in [3.63, 3.8) is 0 Å². The Hall–Kier alpha value is -1.44. The van der Waals surface area contributed by atoms with E-state index in [-0.39, 0.29) is 12.5 Å². The highest BCUT2D eigenvalue weighted by molar-refractivity contribution is 7.98. The predicted molar refractivity (Wildman–Crippen MR) is 85.0 cm³/mol. The normalized spacial score (nSPS) is 9.70. The van der Waals surface area contributed by atoms with Crippen LogP contribution in [0.1, 0.15) is 35.2 Å². The van der Waals surface area contributed by atoms with E-state index >= 15 is 0 Å². The van der Waals surface area contributed by atoms with Gasteiger partial charge in [-0.05, 0) is 43.0 Å². The molecule has 0 saturated heterocycles. The summed E-state index contributed by atoms with van der Waals surface area (Å²) in [5.74, 6) is 6.86. The monoisotopic (exact) mass is 291 g/mol. The summed E-state index contributed by atoms with van der Waals surface area (Å²) >= 11 is 1.82.